The number of aromatic nitrogens is 1. The summed E-state index contributed by atoms with van der Waals surface area (Å²) >= 11 is 7.40. The number of aryl methyl sites for hydroxylation is 1. The Morgan fingerprint density at radius 1 is 1.38 bits per heavy atom. The minimum atomic E-state index is -0.403. The fourth-order valence-corrected chi connectivity index (χ4v) is 3.40. The van der Waals surface area contributed by atoms with Crippen molar-refractivity contribution in [3.63, 3.8) is 0 Å². The molecule has 1 aromatic carbocycles. The maximum Gasteiger partial charge on any atom is 0.350 e. The number of ether oxygens (including phenoxy) is 3. The summed E-state index contributed by atoms with van der Waals surface area (Å²) in [7, 11) is 2.88. The number of esters is 1. The lowest BCUT2D eigenvalue weighted by Gasteiger charge is -2.11. The second-order valence-corrected chi connectivity index (χ2v) is 6.38. The Hall–Kier alpha value is -2.32. The number of hydrazone groups is 1. The number of anilines is 1. The fourth-order valence-electron chi connectivity index (χ4n) is 2.18. The first-order chi connectivity index (χ1) is 12.5. The summed E-state index contributed by atoms with van der Waals surface area (Å²) in [5, 5.41) is 5.08. The molecule has 0 bridgehead atoms. The number of halogens is 1. The maximum atomic E-state index is 11.7. The molecule has 0 radical (unpaired) electrons. The van der Waals surface area contributed by atoms with E-state index >= 15 is 0 Å². The van der Waals surface area contributed by atoms with Gasteiger partial charge in [0.25, 0.3) is 0 Å². The quantitative estimate of drug-likeness (QED) is 0.412. The molecule has 2 aromatic rings. The summed E-state index contributed by atoms with van der Waals surface area (Å²) in [6, 6.07) is 3.49. The van der Waals surface area contributed by atoms with Crippen molar-refractivity contribution in [2.75, 3.05) is 26.3 Å². The standard InChI is InChI=1S/C17H20ClN3O4S/c1-5-12-15(16(22)24-4)26-17(20-12)21-19-9-10-7-11(18)14(23-3)13(8-10)25-6-2/h7-9H,5-6H2,1-4H3,(H,20,21)/b19-9-. The van der Waals surface area contributed by atoms with Gasteiger partial charge in [0.05, 0.1) is 37.8 Å². The first-order valence-electron chi connectivity index (χ1n) is 7.91. The van der Waals surface area contributed by atoms with E-state index in [0.717, 1.165) is 5.56 Å². The lowest BCUT2D eigenvalue weighted by atomic mass is 10.2. The molecular formula is C17H20ClN3O4S. The molecule has 0 spiro atoms. The SMILES string of the molecule is CCOc1cc(/C=N\Nc2nc(CC)c(C(=O)OC)s2)cc(Cl)c1OC. The van der Waals surface area contributed by atoms with Crippen molar-refractivity contribution in [2.45, 2.75) is 20.3 Å². The Kier molecular flexibility index (Phi) is 7.23. The van der Waals surface area contributed by atoms with Crippen molar-refractivity contribution in [1.82, 2.24) is 4.98 Å². The fraction of sp³-hybridized carbons (Fsp3) is 0.353. The zero-order chi connectivity index (χ0) is 19.1. The van der Waals surface area contributed by atoms with Crippen molar-refractivity contribution >= 4 is 40.3 Å². The molecule has 1 heterocycles. The van der Waals surface area contributed by atoms with Crippen LogP contribution in [0.25, 0.3) is 0 Å². The van der Waals surface area contributed by atoms with Gasteiger partial charge in [0.15, 0.2) is 11.5 Å². The van der Waals surface area contributed by atoms with Gasteiger partial charge in [-0.25, -0.2) is 9.78 Å². The Labute approximate surface area is 160 Å². The molecule has 2 rings (SSSR count). The van der Waals surface area contributed by atoms with Crippen LogP contribution in [0, 0.1) is 0 Å². The minimum absolute atomic E-state index is 0.403. The highest BCUT2D eigenvalue weighted by Gasteiger charge is 2.17. The number of carbonyl (C=O) groups excluding carboxylic acids is 1. The molecule has 0 unspecified atom stereocenters. The molecular weight excluding hydrogens is 378 g/mol. The van der Waals surface area contributed by atoms with Crippen LogP contribution in [0.5, 0.6) is 11.5 Å². The van der Waals surface area contributed by atoms with Gasteiger partial charge in [-0.05, 0) is 31.0 Å². The summed E-state index contributed by atoms with van der Waals surface area (Å²) in [5.41, 5.74) is 4.22. The Bertz CT molecular complexity index is 808. The van der Waals surface area contributed by atoms with Crippen LogP contribution in [-0.2, 0) is 11.2 Å². The van der Waals surface area contributed by atoms with Gasteiger partial charge in [-0.3, -0.25) is 5.43 Å². The Morgan fingerprint density at radius 2 is 2.15 bits per heavy atom. The topological polar surface area (TPSA) is 82.0 Å². The number of methoxy groups -OCH3 is 2. The summed E-state index contributed by atoms with van der Waals surface area (Å²) in [4.78, 5) is 16.6. The first kappa shape index (κ1) is 20.0. The summed E-state index contributed by atoms with van der Waals surface area (Å²) in [6.45, 7) is 4.28. The monoisotopic (exact) mass is 397 g/mol. The average molecular weight is 398 g/mol. The van der Waals surface area contributed by atoms with Gasteiger partial charge in [0.2, 0.25) is 5.13 Å². The number of hydrogen-bond acceptors (Lipinski definition) is 8. The van der Waals surface area contributed by atoms with Crippen LogP contribution in [0.3, 0.4) is 0 Å². The van der Waals surface area contributed by atoms with Gasteiger partial charge < -0.3 is 14.2 Å². The van der Waals surface area contributed by atoms with Crippen LogP contribution < -0.4 is 14.9 Å². The normalized spacial score (nSPS) is 10.8. The van der Waals surface area contributed by atoms with E-state index in [9.17, 15) is 4.79 Å². The highest BCUT2D eigenvalue weighted by atomic mass is 35.5. The molecule has 26 heavy (non-hydrogen) atoms. The van der Waals surface area contributed by atoms with E-state index in [1.54, 1.807) is 18.3 Å². The van der Waals surface area contributed by atoms with Crippen LogP contribution >= 0.6 is 22.9 Å². The maximum absolute atomic E-state index is 11.7. The van der Waals surface area contributed by atoms with Crippen LogP contribution in [0.1, 0.15) is 34.8 Å². The lowest BCUT2D eigenvalue weighted by Crippen LogP contribution is -2.01. The molecule has 9 heteroatoms. The Balaban J connectivity index is 2.18. The predicted octanol–water partition coefficient (Wildman–Crippen LogP) is 4.00. The second-order valence-electron chi connectivity index (χ2n) is 4.98. The predicted molar refractivity (Wildman–Crippen MR) is 103 cm³/mol. The molecule has 0 aliphatic heterocycles. The van der Waals surface area contributed by atoms with E-state index in [1.165, 1.54) is 25.6 Å². The zero-order valence-corrected chi connectivity index (χ0v) is 16.5. The summed E-state index contributed by atoms with van der Waals surface area (Å²) in [5.74, 6) is 0.618. The second kappa shape index (κ2) is 9.40. The van der Waals surface area contributed by atoms with Crippen LogP contribution in [-0.4, -0.2) is 38.0 Å². The van der Waals surface area contributed by atoms with Crippen LogP contribution in [0.2, 0.25) is 5.02 Å². The number of thiazole rings is 1. The third-order valence-corrected chi connectivity index (χ3v) is 4.58. The van der Waals surface area contributed by atoms with Gasteiger partial charge in [0.1, 0.15) is 4.88 Å². The number of benzene rings is 1. The smallest absolute Gasteiger partial charge is 0.350 e. The number of nitrogens with one attached hydrogen (secondary N) is 1. The Morgan fingerprint density at radius 3 is 2.77 bits per heavy atom. The molecule has 0 fully saturated rings. The molecule has 1 N–H and O–H groups in total. The highest BCUT2D eigenvalue weighted by molar-refractivity contribution is 7.17. The number of hydrogen-bond donors (Lipinski definition) is 1. The molecule has 0 atom stereocenters. The van der Waals surface area contributed by atoms with Crippen molar-refractivity contribution in [3.05, 3.63) is 33.3 Å². The molecule has 0 amide bonds. The molecule has 1 aromatic heterocycles. The van der Waals surface area contributed by atoms with Crippen LogP contribution in [0.4, 0.5) is 5.13 Å². The van der Waals surface area contributed by atoms with Gasteiger partial charge in [-0.2, -0.15) is 5.10 Å². The average Bonchev–Trinajstić information content (AvgIpc) is 3.04. The molecule has 0 aliphatic carbocycles. The largest absolute Gasteiger partial charge is 0.491 e. The first-order valence-corrected chi connectivity index (χ1v) is 9.10. The number of rotatable bonds is 8. The lowest BCUT2D eigenvalue weighted by molar-refractivity contribution is 0.0605. The minimum Gasteiger partial charge on any atom is -0.491 e. The van der Waals surface area contributed by atoms with Crippen LogP contribution in [0.15, 0.2) is 17.2 Å². The van der Waals surface area contributed by atoms with E-state index in [0.29, 0.717) is 45.3 Å². The van der Waals surface area contributed by atoms with Gasteiger partial charge in [-0.15, -0.1) is 0 Å². The van der Waals surface area contributed by atoms with E-state index in [4.69, 9.17) is 25.8 Å². The van der Waals surface area contributed by atoms with Gasteiger partial charge >= 0.3 is 5.97 Å². The highest BCUT2D eigenvalue weighted by Crippen LogP contribution is 2.36. The van der Waals surface area contributed by atoms with E-state index in [2.05, 4.69) is 15.5 Å². The van der Waals surface area contributed by atoms with Crippen molar-refractivity contribution in [2.24, 2.45) is 5.10 Å². The summed E-state index contributed by atoms with van der Waals surface area (Å²) in [6.07, 6.45) is 2.21. The van der Waals surface area contributed by atoms with Crippen molar-refractivity contribution < 1.29 is 19.0 Å². The summed E-state index contributed by atoms with van der Waals surface area (Å²) < 4.78 is 15.5. The number of carbonyl (C=O) groups is 1. The molecule has 0 aliphatic rings. The van der Waals surface area contributed by atoms with E-state index in [1.807, 2.05) is 13.8 Å². The van der Waals surface area contributed by atoms with Gasteiger partial charge in [0, 0.05) is 0 Å². The van der Waals surface area contributed by atoms with Crippen molar-refractivity contribution in [1.29, 1.82) is 0 Å². The zero-order valence-electron chi connectivity index (χ0n) is 15.0. The van der Waals surface area contributed by atoms with E-state index in [-0.39, 0.29) is 0 Å². The molecule has 140 valence electrons. The third-order valence-electron chi connectivity index (χ3n) is 3.31. The van der Waals surface area contributed by atoms with Crippen molar-refractivity contribution in [3.8, 4) is 11.5 Å². The molecule has 0 saturated carbocycles. The van der Waals surface area contributed by atoms with Gasteiger partial charge in [-0.1, -0.05) is 29.9 Å². The third kappa shape index (κ3) is 4.64. The van der Waals surface area contributed by atoms with E-state index < -0.39 is 5.97 Å². The number of nitrogens with zero attached hydrogens (tertiary/aromatic N) is 2. The molecule has 0 saturated heterocycles. The molecule has 7 nitrogen and oxygen atoms in total.